The highest BCUT2D eigenvalue weighted by molar-refractivity contribution is 6.02. The summed E-state index contributed by atoms with van der Waals surface area (Å²) >= 11 is 0. The molecule has 0 spiro atoms. The molecule has 0 amide bonds. The van der Waals surface area contributed by atoms with E-state index in [4.69, 9.17) is 19.3 Å². The van der Waals surface area contributed by atoms with Gasteiger partial charge in [0, 0.05) is 17.5 Å². The number of hydrazone groups is 1. The van der Waals surface area contributed by atoms with Crippen LogP contribution >= 0.6 is 0 Å². The summed E-state index contributed by atoms with van der Waals surface area (Å²) in [6.45, 7) is 0.251. The second-order valence-electron chi connectivity index (χ2n) is 8.71. The van der Waals surface area contributed by atoms with Crippen LogP contribution < -0.4 is 14.2 Å². The lowest BCUT2D eigenvalue weighted by Gasteiger charge is -2.38. The van der Waals surface area contributed by atoms with Crippen molar-refractivity contribution in [1.82, 2.24) is 5.01 Å². The van der Waals surface area contributed by atoms with E-state index >= 15 is 0 Å². The third-order valence-electron chi connectivity index (χ3n) is 6.71. The first-order valence-corrected chi connectivity index (χ1v) is 11.5. The molecular formula is C29H22N2O3. The van der Waals surface area contributed by atoms with E-state index in [1.165, 1.54) is 16.7 Å². The van der Waals surface area contributed by atoms with Crippen LogP contribution in [0.3, 0.4) is 0 Å². The first-order chi connectivity index (χ1) is 16.8. The summed E-state index contributed by atoms with van der Waals surface area (Å²) in [5, 5.41) is 7.18. The molecule has 0 fully saturated rings. The van der Waals surface area contributed by atoms with Crippen molar-refractivity contribution in [2.45, 2.75) is 18.7 Å². The van der Waals surface area contributed by atoms with Gasteiger partial charge in [0.05, 0.1) is 11.8 Å². The van der Waals surface area contributed by atoms with Gasteiger partial charge in [0.2, 0.25) is 13.0 Å². The molecule has 0 aliphatic carbocycles. The summed E-state index contributed by atoms with van der Waals surface area (Å²) in [5.41, 5.74) is 6.77. The normalized spacial score (nSPS) is 19.8. The monoisotopic (exact) mass is 446 g/mol. The van der Waals surface area contributed by atoms with Gasteiger partial charge in [-0.05, 0) is 41.0 Å². The van der Waals surface area contributed by atoms with Crippen molar-refractivity contribution in [3.8, 4) is 28.4 Å². The second-order valence-corrected chi connectivity index (χ2v) is 8.71. The Kier molecular flexibility index (Phi) is 4.34. The number of para-hydroxylation sites is 1. The molecule has 3 heterocycles. The molecule has 0 saturated carbocycles. The molecule has 0 radical (unpaired) electrons. The highest BCUT2D eigenvalue weighted by atomic mass is 16.7. The topological polar surface area (TPSA) is 43.3 Å². The highest BCUT2D eigenvalue weighted by Crippen LogP contribution is 2.48. The molecule has 5 heteroatoms. The van der Waals surface area contributed by atoms with Crippen LogP contribution in [0.25, 0.3) is 11.1 Å². The smallest absolute Gasteiger partial charge is 0.231 e. The van der Waals surface area contributed by atoms with Crippen LogP contribution in [0.4, 0.5) is 0 Å². The van der Waals surface area contributed by atoms with E-state index in [0.717, 1.165) is 40.5 Å². The number of benzene rings is 4. The maximum absolute atomic E-state index is 6.48. The Labute approximate surface area is 197 Å². The van der Waals surface area contributed by atoms with Gasteiger partial charge in [0.15, 0.2) is 11.5 Å². The lowest BCUT2D eigenvalue weighted by molar-refractivity contribution is -0.0191. The fourth-order valence-corrected chi connectivity index (χ4v) is 4.98. The summed E-state index contributed by atoms with van der Waals surface area (Å²) in [5.74, 6) is 2.42. The number of nitrogens with zero attached hydrogens (tertiary/aromatic N) is 2. The standard InChI is InChI=1S/C29H22N2O3/c1-2-6-19(7-3-1)20-10-12-21(13-11-20)24-17-25-23-8-4-5-9-26(23)34-29(31(25)30-24)22-14-15-27-28(16-22)33-18-32-27/h1-16,25,29H,17-18H2/t25-,29+/m1/s1. The van der Waals surface area contributed by atoms with Crippen molar-refractivity contribution in [2.75, 3.05) is 6.79 Å². The summed E-state index contributed by atoms with van der Waals surface area (Å²) in [6, 6.07) is 33.5. The van der Waals surface area contributed by atoms with Gasteiger partial charge in [-0.2, -0.15) is 5.10 Å². The number of rotatable bonds is 3. The van der Waals surface area contributed by atoms with Gasteiger partial charge in [-0.1, -0.05) is 72.8 Å². The van der Waals surface area contributed by atoms with Crippen molar-refractivity contribution in [3.05, 3.63) is 114 Å². The zero-order chi connectivity index (χ0) is 22.5. The van der Waals surface area contributed by atoms with Gasteiger partial charge in [0.25, 0.3) is 0 Å². The van der Waals surface area contributed by atoms with E-state index < -0.39 is 0 Å². The fraction of sp³-hybridized carbons (Fsp3) is 0.138. The van der Waals surface area contributed by atoms with Crippen LogP contribution in [0.5, 0.6) is 17.2 Å². The molecule has 166 valence electrons. The van der Waals surface area contributed by atoms with E-state index in [2.05, 4.69) is 65.7 Å². The molecule has 7 rings (SSSR count). The van der Waals surface area contributed by atoms with E-state index in [1.807, 2.05) is 36.4 Å². The first-order valence-electron chi connectivity index (χ1n) is 11.5. The van der Waals surface area contributed by atoms with Crippen LogP contribution in [0.15, 0.2) is 102 Å². The van der Waals surface area contributed by atoms with E-state index in [-0.39, 0.29) is 19.1 Å². The second kappa shape index (κ2) is 7.66. The van der Waals surface area contributed by atoms with Gasteiger partial charge in [-0.3, -0.25) is 0 Å². The fourth-order valence-electron chi connectivity index (χ4n) is 4.98. The number of ether oxygens (including phenoxy) is 3. The zero-order valence-electron chi connectivity index (χ0n) is 18.4. The molecule has 3 aliphatic heterocycles. The highest BCUT2D eigenvalue weighted by Gasteiger charge is 2.41. The molecular weight excluding hydrogens is 424 g/mol. The Hall–Kier alpha value is -4.25. The lowest BCUT2D eigenvalue weighted by atomic mass is 9.95. The van der Waals surface area contributed by atoms with Crippen LogP contribution in [0, 0.1) is 0 Å². The average Bonchev–Trinajstić information content (AvgIpc) is 3.56. The minimum Gasteiger partial charge on any atom is -0.464 e. The Balaban J connectivity index is 1.26. The van der Waals surface area contributed by atoms with Crippen molar-refractivity contribution in [3.63, 3.8) is 0 Å². The van der Waals surface area contributed by atoms with Crippen LogP contribution in [0.2, 0.25) is 0 Å². The predicted octanol–water partition coefficient (Wildman–Crippen LogP) is 6.32. The summed E-state index contributed by atoms with van der Waals surface area (Å²) < 4.78 is 17.6. The van der Waals surface area contributed by atoms with Gasteiger partial charge < -0.3 is 14.2 Å². The molecule has 0 bridgehead atoms. The largest absolute Gasteiger partial charge is 0.464 e. The zero-order valence-corrected chi connectivity index (χ0v) is 18.4. The molecule has 4 aromatic rings. The summed E-state index contributed by atoms with van der Waals surface area (Å²) in [6.07, 6.45) is 0.488. The Morgan fingerprint density at radius 1 is 0.676 bits per heavy atom. The van der Waals surface area contributed by atoms with Crippen molar-refractivity contribution >= 4 is 5.71 Å². The van der Waals surface area contributed by atoms with E-state index in [9.17, 15) is 0 Å². The molecule has 0 unspecified atom stereocenters. The van der Waals surface area contributed by atoms with Gasteiger partial charge in [-0.15, -0.1) is 0 Å². The molecule has 5 nitrogen and oxygen atoms in total. The Morgan fingerprint density at radius 2 is 1.41 bits per heavy atom. The number of hydrogen-bond acceptors (Lipinski definition) is 5. The van der Waals surface area contributed by atoms with Crippen molar-refractivity contribution in [1.29, 1.82) is 0 Å². The SMILES string of the molecule is c1ccc(-c2ccc(C3=NN4[C@H](C3)c3ccccc3O[C@H]4c3ccc4c(c3)OCO4)cc2)cc1. The van der Waals surface area contributed by atoms with E-state index in [0.29, 0.717) is 0 Å². The maximum Gasteiger partial charge on any atom is 0.231 e. The van der Waals surface area contributed by atoms with Gasteiger partial charge in [-0.25, -0.2) is 5.01 Å². The lowest BCUT2D eigenvalue weighted by Crippen LogP contribution is -2.33. The third-order valence-corrected chi connectivity index (χ3v) is 6.71. The minimum absolute atomic E-state index is 0.115. The molecule has 34 heavy (non-hydrogen) atoms. The van der Waals surface area contributed by atoms with Crippen molar-refractivity contribution < 1.29 is 14.2 Å². The molecule has 3 aliphatic rings. The molecule has 2 atom stereocenters. The Bertz CT molecular complexity index is 1400. The van der Waals surface area contributed by atoms with Gasteiger partial charge in [0.1, 0.15) is 5.75 Å². The predicted molar refractivity (Wildman–Crippen MR) is 130 cm³/mol. The molecule has 4 aromatic carbocycles. The molecule has 0 aromatic heterocycles. The summed E-state index contributed by atoms with van der Waals surface area (Å²) in [7, 11) is 0. The van der Waals surface area contributed by atoms with Crippen molar-refractivity contribution in [2.24, 2.45) is 5.10 Å². The average molecular weight is 447 g/mol. The molecule has 0 N–H and O–H groups in total. The number of fused-ring (bicyclic) bond motifs is 4. The van der Waals surface area contributed by atoms with Crippen LogP contribution in [-0.4, -0.2) is 17.5 Å². The minimum atomic E-state index is -0.338. The molecule has 0 saturated heterocycles. The summed E-state index contributed by atoms with van der Waals surface area (Å²) in [4.78, 5) is 0. The number of hydrogen-bond donors (Lipinski definition) is 0. The Morgan fingerprint density at radius 3 is 2.29 bits per heavy atom. The van der Waals surface area contributed by atoms with Crippen LogP contribution in [-0.2, 0) is 0 Å². The van der Waals surface area contributed by atoms with E-state index in [1.54, 1.807) is 0 Å². The maximum atomic E-state index is 6.48. The van der Waals surface area contributed by atoms with Crippen LogP contribution in [0.1, 0.15) is 35.4 Å². The first kappa shape index (κ1) is 19.2. The quantitative estimate of drug-likeness (QED) is 0.369. The van der Waals surface area contributed by atoms with Gasteiger partial charge >= 0.3 is 0 Å². The third kappa shape index (κ3) is 3.12.